The Morgan fingerprint density at radius 3 is 2.68 bits per heavy atom. The number of nitrogens with zero attached hydrogens (tertiary/aromatic N) is 1. The standard InChI is InChI=1S/C19H13N3O2S/c23-17-8-7-15(10-20-17)18(24)22-19-21-16(11-25-19)14-6-5-12-3-1-2-4-13(12)9-14/h1-11H,(H,20,23)(H,21,22,24). The number of anilines is 1. The highest BCUT2D eigenvalue weighted by Crippen LogP contribution is 2.27. The average molecular weight is 347 g/mol. The summed E-state index contributed by atoms with van der Waals surface area (Å²) < 4.78 is 0. The maximum absolute atomic E-state index is 12.2. The number of carbonyl (C=O) groups is 1. The summed E-state index contributed by atoms with van der Waals surface area (Å²) in [4.78, 5) is 30.2. The summed E-state index contributed by atoms with van der Waals surface area (Å²) in [7, 11) is 0. The number of thiazole rings is 1. The molecule has 0 saturated carbocycles. The first-order chi connectivity index (χ1) is 12.2. The molecule has 0 bridgehead atoms. The lowest BCUT2D eigenvalue weighted by molar-refractivity contribution is 0.102. The smallest absolute Gasteiger partial charge is 0.258 e. The van der Waals surface area contributed by atoms with Gasteiger partial charge in [0.25, 0.3) is 5.91 Å². The summed E-state index contributed by atoms with van der Waals surface area (Å²) in [5.41, 5.74) is 1.94. The van der Waals surface area contributed by atoms with E-state index in [0.717, 1.165) is 16.6 Å². The molecule has 122 valence electrons. The van der Waals surface area contributed by atoms with Crippen molar-refractivity contribution in [2.24, 2.45) is 0 Å². The van der Waals surface area contributed by atoms with Gasteiger partial charge in [-0.25, -0.2) is 4.98 Å². The molecular formula is C19H13N3O2S. The lowest BCUT2D eigenvalue weighted by Crippen LogP contribution is -2.14. The molecule has 4 aromatic rings. The van der Waals surface area contributed by atoms with Gasteiger partial charge in [-0.1, -0.05) is 36.4 Å². The number of hydrogen-bond acceptors (Lipinski definition) is 4. The largest absolute Gasteiger partial charge is 0.328 e. The maximum atomic E-state index is 12.2. The molecule has 25 heavy (non-hydrogen) atoms. The number of aromatic nitrogens is 2. The molecule has 0 saturated heterocycles. The molecule has 1 amide bonds. The number of nitrogens with one attached hydrogen (secondary N) is 2. The SMILES string of the molecule is O=C(Nc1nc(-c2ccc3ccccc3c2)cs1)c1ccc(=O)[nH]c1. The van der Waals surface area contributed by atoms with Gasteiger partial charge >= 0.3 is 0 Å². The zero-order valence-electron chi connectivity index (χ0n) is 13.0. The topological polar surface area (TPSA) is 74.8 Å². The molecule has 2 N–H and O–H groups in total. The van der Waals surface area contributed by atoms with Crippen molar-refractivity contribution in [2.75, 3.05) is 5.32 Å². The highest BCUT2D eigenvalue weighted by Gasteiger charge is 2.10. The summed E-state index contributed by atoms with van der Waals surface area (Å²) >= 11 is 1.36. The van der Waals surface area contributed by atoms with Gasteiger partial charge in [-0.2, -0.15) is 0 Å². The summed E-state index contributed by atoms with van der Waals surface area (Å²) in [6, 6.07) is 17.1. The van der Waals surface area contributed by atoms with Gasteiger partial charge < -0.3 is 4.98 Å². The molecular weight excluding hydrogens is 334 g/mol. The molecule has 0 unspecified atom stereocenters. The fourth-order valence-electron chi connectivity index (χ4n) is 2.53. The third-order valence-corrected chi connectivity index (χ3v) is 4.57. The van der Waals surface area contributed by atoms with Crippen LogP contribution in [0.2, 0.25) is 0 Å². The van der Waals surface area contributed by atoms with E-state index < -0.39 is 0 Å². The van der Waals surface area contributed by atoms with Crippen LogP contribution in [0.15, 0.2) is 71.0 Å². The van der Waals surface area contributed by atoms with Crippen LogP contribution in [0.1, 0.15) is 10.4 Å². The van der Waals surface area contributed by atoms with Crippen LogP contribution in [0.3, 0.4) is 0 Å². The van der Waals surface area contributed by atoms with Gasteiger partial charge in [-0.15, -0.1) is 11.3 Å². The minimum atomic E-state index is -0.310. The second-order valence-electron chi connectivity index (χ2n) is 5.50. The van der Waals surface area contributed by atoms with Crippen molar-refractivity contribution in [2.45, 2.75) is 0 Å². The number of carbonyl (C=O) groups excluding carboxylic acids is 1. The Morgan fingerprint density at radius 2 is 1.88 bits per heavy atom. The molecule has 5 nitrogen and oxygen atoms in total. The monoisotopic (exact) mass is 347 g/mol. The van der Waals surface area contributed by atoms with E-state index in [1.807, 2.05) is 23.6 Å². The lowest BCUT2D eigenvalue weighted by atomic mass is 10.1. The Morgan fingerprint density at radius 1 is 1.04 bits per heavy atom. The molecule has 0 aliphatic carbocycles. The third-order valence-electron chi connectivity index (χ3n) is 3.82. The molecule has 0 aliphatic heterocycles. The first-order valence-corrected chi connectivity index (χ1v) is 8.52. The quantitative estimate of drug-likeness (QED) is 0.590. The van der Waals surface area contributed by atoms with E-state index in [-0.39, 0.29) is 11.5 Å². The second-order valence-corrected chi connectivity index (χ2v) is 6.35. The van der Waals surface area contributed by atoms with Gasteiger partial charge in [0, 0.05) is 23.2 Å². The highest BCUT2D eigenvalue weighted by molar-refractivity contribution is 7.14. The van der Waals surface area contributed by atoms with Crippen molar-refractivity contribution in [1.29, 1.82) is 0 Å². The number of rotatable bonds is 3. The van der Waals surface area contributed by atoms with Crippen LogP contribution >= 0.6 is 11.3 Å². The number of benzene rings is 2. The summed E-state index contributed by atoms with van der Waals surface area (Å²) in [5.74, 6) is -0.310. The number of H-pyrrole nitrogens is 1. The molecule has 4 rings (SSSR count). The number of hydrogen-bond donors (Lipinski definition) is 2. The van der Waals surface area contributed by atoms with Crippen LogP contribution in [0.25, 0.3) is 22.0 Å². The molecule has 2 aromatic heterocycles. The van der Waals surface area contributed by atoms with Crippen LogP contribution in [-0.2, 0) is 0 Å². The predicted molar refractivity (Wildman–Crippen MR) is 100 cm³/mol. The molecule has 6 heteroatoms. The number of fused-ring (bicyclic) bond motifs is 1. The molecule has 0 atom stereocenters. The van der Waals surface area contributed by atoms with Gasteiger partial charge in [-0.3, -0.25) is 14.9 Å². The second kappa shape index (κ2) is 6.33. The Balaban J connectivity index is 1.57. The molecule has 0 fully saturated rings. The number of amides is 1. The van der Waals surface area contributed by atoms with Crippen LogP contribution < -0.4 is 10.9 Å². The van der Waals surface area contributed by atoms with Crippen molar-refractivity contribution in [3.8, 4) is 11.3 Å². The maximum Gasteiger partial charge on any atom is 0.258 e. The summed E-state index contributed by atoms with van der Waals surface area (Å²) in [6.07, 6.45) is 1.38. The minimum absolute atomic E-state index is 0.246. The van der Waals surface area contributed by atoms with Gasteiger partial charge in [0.05, 0.1) is 11.3 Å². The van der Waals surface area contributed by atoms with Crippen LogP contribution in [-0.4, -0.2) is 15.9 Å². The van der Waals surface area contributed by atoms with E-state index in [0.29, 0.717) is 10.7 Å². The fraction of sp³-hybridized carbons (Fsp3) is 0. The van der Waals surface area contributed by atoms with E-state index >= 15 is 0 Å². The number of aromatic amines is 1. The third kappa shape index (κ3) is 3.20. The predicted octanol–water partition coefficient (Wildman–Crippen LogP) is 3.90. The fourth-order valence-corrected chi connectivity index (χ4v) is 3.25. The molecule has 2 heterocycles. The van der Waals surface area contributed by atoms with E-state index in [1.165, 1.54) is 35.1 Å². The Bertz CT molecular complexity index is 1110. The van der Waals surface area contributed by atoms with Crippen LogP contribution in [0, 0.1) is 0 Å². The Labute approximate surface area is 147 Å². The highest BCUT2D eigenvalue weighted by atomic mass is 32.1. The van der Waals surface area contributed by atoms with Gasteiger partial charge in [0.1, 0.15) is 0 Å². The molecule has 0 radical (unpaired) electrons. The van der Waals surface area contributed by atoms with E-state index in [9.17, 15) is 9.59 Å². The van der Waals surface area contributed by atoms with Crippen molar-refractivity contribution in [3.63, 3.8) is 0 Å². The normalized spacial score (nSPS) is 10.7. The lowest BCUT2D eigenvalue weighted by Gasteiger charge is -2.02. The van der Waals surface area contributed by atoms with Gasteiger partial charge in [-0.05, 0) is 22.9 Å². The van der Waals surface area contributed by atoms with Crippen molar-refractivity contribution >= 4 is 33.1 Å². The molecule has 0 spiro atoms. The summed E-state index contributed by atoms with van der Waals surface area (Å²) in [6.45, 7) is 0. The van der Waals surface area contributed by atoms with Crippen molar-refractivity contribution < 1.29 is 4.79 Å². The van der Waals surface area contributed by atoms with Crippen molar-refractivity contribution in [1.82, 2.24) is 9.97 Å². The van der Waals surface area contributed by atoms with Gasteiger partial charge in [0.2, 0.25) is 5.56 Å². The van der Waals surface area contributed by atoms with Crippen LogP contribution in [0.4, 0.5) is 5.13 Å². The first-order valence-electron chi connectivity index (χ1n) is 7.64. The van der Waals surface area contributed by atoms with Crippen LogP contribution in [0.5, 0.6) is 0 Å². The average Bonchev–Trinajstić information content (AvgIpc) is 3.10. The summed E-state index contributed by atoms with van der Waals surface area (Å²) in [5, 5.41) is 7.49. The van der Waals surface area contributed by atoms with E-state index in [1.54, 1.807) is 0 Å². The minimum Gasteiger partial charge on any atom is -0.328 e. The zero-order chi connectivity index (χ0) is 17.2. The Hall–Kier alpha value is -3.25. The first kappa shape index (κ1) is 15.3. The zero-order valence-corrected chi connectivity index (χ0v) is 13.8. The Kier molecular flexibility index (Phi) is 3.87. The van der Waals surface area contributed by atoms with E-state index in [2.05, 4.69) is 39.6 Å². The van der Waals surface area contributed by atoms with E-state index in [4.69, 9.17) is 0 Å². The van der Waals surface area contributed by atoms with Crippen molar-refractivity contribution in [3.05, 3.63) is 82.1 Å². The number of pyridine rings is 1. The molecule has 2 aromatic carbocycles. The molecule has 0 aliphatic rings. The van der Waals surface area contributed by atoms with Gasteiger partial charge in [0.15, 0.2) is 5.13 Å².